The molecule has 1 amide bonds. The zero-order valence-corrected chi connectivity index (χ0v) is 11.2. The molecule has 1 aliphatic rings. The number of likely N-dealkylation sites (N-methyl/N-ethyl adjacent to an activating group) is 1. The summed E-state index contributed by atoms with van der Waals surface area (Å²) in [5.74, 6) is 2.30. The van der Waals surface area contributed by atoms with Crippen molar-refractivity contribution in [2.24, 2.45) is 0 Å². The lowest BCUT2D eigenvalue weighted by molar-refractivity contribution is -0.149. The van der Waals surface area contributed by atoms with Crippen LogP contribution in [0.2, 0.25) is 0 Å². The highest BCUT2D eigenvalue weighted by atomic mass is 16.3. The molecule has 102 valence electrons. The van der Waals surface area contributed by atoms with Gasteiger partial charge in [-0.3, -0.25) is 9.48 Å². The molecule has 1 saturated carbocycles. The Bertz CT molecular complexity index is 495. The molecule has 0 atom stereocenters. The van der Waals surface area contributed by atoms with Gasteiger partial charge in [0, 0.05) is 25.4 Å². The van der Waals surface area contributed by atoms with Crippen molar-refractivity contribution in [3.63, 3.8) is 0 Å². The SMILES string of the molecule is C#CCn1cc(CN(C)C(=O)C2(O)CCCC2)cn1. The summed E-state index contributed by atoms with van der Waals surface area (Å²) in [6.07, 6.45) is 11.7. The molecule has 0 radical (unpaired) electrons. The first-order chi connectivity index (χ1) is 9.05. The second kappa shape index (κ2) is 5.45. The Morgan fingerprint density at radius 2 is 2.32 bits per heavy atom. The first-order valence-electron chi connectivity index (χ1n) is 6.48. The monoisotopic (exact) mass is 261 g/mol. The van der Waals surface area contributed by atoms with E-state index < -0.39 is 5.60 Å². The van der Waals surface area contributed by atoms with Crippen LogP contribution in [0.15, 0.2) is 12.4 Å². The molecule has 0 aromatic carbocycles. The number of nitrogens with zero attached hydrogens (tertiary/aromatic N) is 3. The van der Waals surface area contributed by atoms with Crippen LogP contribution in [0, 0.1) is 12.3 Å². The zero-order valence-electron chi connectivity index (χ0n) is 11.2. The molecule has 5 heteroatoms. The van der Waals surface area contributed by atoms with Crippen LogP contribution >= 0.6 is 0 Å². The van der Waals surface area contributed by atoms with Crippen LogP contribution < -0.4 is 0 Å². The fraction of sp³-hybridized carbons (Fsp3) is 0.571. The van der Waals surface area contributed by atoms with Crippen LogP contribution in [0.25, 0.3) is 0 Å². The minimum Gasteiger partial charge on any atom is -0.380 e. The van der Waals surface area contributed by atoms with E-state index in [0.29, 0.717) is 25.9 Å². The van der Waals surface area contributed by atoms with Crippen molar-refractivity contribution >= 4 is 5.91 Å². The van der Waals surface area contributed by atoms with Crippen molar-refractivity contribution in [3.8, 4) is 12.3 Å². The van der Waals surface area contributed by atoms with Gasteiger partial charge in [-0.2, -0.15) is 5.10 Å². The Labute approximate surface area is 113 Å². The minimum atomic E-state index is -1.16. The van der Waals surface area contributed by atoms with E-state index in [9.17, 15) is 9.90 Å². The topological polar surface area (TPSA) is 58.4 Å². The first-order valence-corrected chi connectivity index (χ1v) is 6.48. The summed E-state index contributed by atoms with van der Waals surface area (Å²) in [4.78, 5) is 13.8. The molecule has 5 nitrogen and oxygen atoms in total. The average Bonchev–Trinajstić information content (AvgIpc) is 2.99. The highest BCUT2D eigenvalue weighted by Gasteiger charge is 2.40. The molecule has 0 unspecified atom stereocenters. The summed E-state index contributed by atoms with van der Waals surface area (Å²) in [6.45, 7) is 0.854. The molecule has 2 rings (SSSR count). The Morgan fingerprint density at radius 3 is 2.95 bits per heavy atom. The maximum atomic E-state index is 12.2. The van der Waals surface area contributed by atoms with Crippen LogP contribution in [0.3, 0.4) is 0 Å². The highest BCUT2D eigenvalue weighted by molar-refractivity contribution is 5.85. The van der Waals surface area contributed by atoms with E-state index in [-0.39, 0.29) is 5.91 Å². The lowest BCUT2D eigenvalue weighted by Crippen LogP contribution is -2.45. The van der Waals surface area contributed by atoms with Crippen LogP contribution in [0.4, 0.5) is 0 Å². The van der Waals surface area contributed by atoms with Gasteiger partial charge in [0.25, 0.3) is 5.91 Å². The van der Waals surface area contributed by atoms with Crippen molar-refractivity contribution in [2.45, 2.75) is 44.4 Å². The van der Waals surface area contributed by atoms with E-state index in [2.05, 4.69) is 11.0 Å². The summed E-state index contributed by atoms with van der Waals surface area (Å²) >= 11 is 0. The number of carbonyl (C=O) groups is 1. The summed E-state index contributed by atoms with van der Waals surface area (Å²) in [5.41, 5.74) is -0.253. The summed E-state index contributed by atoms with van der Waals surface area (Å²) < 4.78 is 1.65. The molecule has 1 N–H and O–H groups in total. The molecule has 1 fully saturated rings. The second-order valence-electron chi connectivity index (χ2n) is 5.15. The lowest BCUT2D eigenvalue weighted by atomic mass is 10.0. The molecule has 1 aromatic rings. The lowest BCUT2D eigenvalue weighted by Gasteiger charge is -2.27. The molecule has 1 heterocycles. The smallest absolute Gasteiger partial charge is 0.254 e. The Balaban J connectivity index is 1.98. The van der Waals surface area contributed by atoms with E-state index >= 15 is 0 Å². The van der Waals surface area contributed by atoms with Crippen LogP contribution in [-0.2, 0) is 17.9 Å². The van der Waals surface area contributed by atoms with Gasteiger partial charge in [0.2, 0.25) is 0 Å². The first kappa shape index (κ1) is 13.6. The number of aromatic nitrogens is 2. The van der Waals surface area contributed by atoms with Gasteiger partial charge in [-0.25, -0.2) is 0 Å². The molecule has 1 aliphatic carbocycles. The Kier molecular flexibility index (Phi) is 3.91. The van der Waals surface area contributed by atoms with E-state index in [1.54, 1.807) is 22.8 Å². The van der Waals surface area contributed by atoms with Crippen molar-refractivity contribution < 1.29 is 9.90 Å². The van der Waals surface area contributed by atoms with Crippen molar-refractivity contribution in [2.75, 3.05) is 7.05 Å². The number of amides is 1. The third-order valence-electron chi connectivity index (χ3n) is 3.54. The Morgan fingerprint density at radius 1 is 1.63 bits per heavy atom. The van der Waals surface area contributed by atoms with Crippen molar-refractivity contribution in [1.29, 1.82) is 0 Å². The molecule has 0 bridgehead atoms. The van der Waals surface area contributed by atoms with Gasteiger partial charge in [-0.05, 0) is 25.7 Å². The normalized spacial score (nSPS) is 17.1. The van der Waals surface area contributed by atoms with E-state index in [1.165, 1.54) is 0 Å². The predicted molar refractivity (Wildman–Crippen MR) is 71.0 cm³/mol. The van der Waals surface area contributed by atoms with Gasteiger partial charge >= 0.3 is 0 Å². The molecule has 0 aliphatic heterocycles. The number of hydrogen-bond donors (Lipinski definition) is 1. The van der Waals surface area contributed by atoms with Gasteiger partial charge < -0.3 is 10.0 Å². The van der Waals surface area contributed by atoms with Gasteiger partial charge in [0.05, 0.1) is 6.20 Å². The van der Waals surface area contributed by atoms with Crippen LogP contribution in [0.5, 0.6) is 0 Å². The third-order valence-corrected chi connectivity index (χ3v) is 3.54. The largest absolute Gasteiger partial charge is 0.380 e. The summed E-state index contributed by atoms with van der Waals surface area (Å²) in [6, 6.07) is 0. The average molecular weight is 261 g/mol. The standard InChI is InChI=1S/C14H19N3O2/c1-3-8-17-11-12(9-15-17)10-16(2)13(18)14(19)6-4-5-7-14/h1,9,11,19H,4-8,10H2,2H3. The number of carbonyl (C=O) groups excluding carboxylic acids is 1. The number of terminal acetylenes is 1. The van der Waals surface area contributed by atoms with Gasteiger partial charge in [-0.15, -0.1) is 6.42 Å². The molecule has 0 saturated heterocycles. The summed E-state index contributed by atoms with van der Waals surface area (Å²) in [7, 11) is 1.71. The molecular formula is C14H19N3O2. The maximum absolute atomic E-state index is 12.2. The number of rotatable bonds is 4. The fourth-order valence-electron chi connectivity index (χ4n) is 2.54. The van der Waals surface area contributed by atoms with E-state index in [1.807, 2.05) is 6.20 Å². The predicted octanol–water partition coefficient (Wildman–Crippen LogP) is 0.780. The van der Waals surface area contributed by atoms with E-state index in [4.69, 9.17) is 6.42 Å². The molecule has 0 spiro atoms. The molecular weight excluding hydrogens is 242 g/mol. The number of aliphatic hydroxyl groups is 1. The highest BCUT2D eigenvalue weighted by Crippen LogP contribution is 2.31. The Hall–Kier alpha value is -1.80. The second-order valence-corrected chi connectivity index (χ2v) is 5.15. The minimum absolute atomic E-state index is 0.199. The van der Waals surface area contributed by atoms with E-state index in [0.717, 1.165) is 18.4 Å². The van der Waals surface area contributed by atoms with Gasteiger partial charge in [0.15, 0.2) is 0 Å². The van der Waals surface area contributed by atoms with Gasteiger partial charge in [-0.1, -0.05) is 5.92 Å². The van der Waals surface area contributed by atoms with Crippen molar-refractivity contribution in [3.05, 3.63) is 18.0 Å². The van der Waals surface area contributed by atoms with Gasteiger partial charge in [0.1, 0.15) is 12.1 Å². The molecule has 19 heavy (non-hydrogen) atoms. The third kappa shape index (κ3) is 2.96. The number of hydrogen-bond acceptors (Lipinski definition) is 3. The zero-order chi connectivity index (χ0) is 13.9. The van der Waals surface area contributed by atoms with Crippen LogP contribution in [-0.4, -0.2) is 38.3 Å². The van der Waals surface area contributed by atoms with Crippen molar-refractivity contribution in [1.82, 2.24) is 14.7 Å². The summed E-state index contributed by atoms with van der Waals surface area (Å²) in [5, 5.41) is 14.4. The maximum Gasteiger partial charge on any atom is 0.254 e. The fourth-order valence-corrected chi connectivity index (χ4v) is 2.54. The molecule has 1 aromatic heterocycles. The van der Waals surface area contributed by atoms with Crippen LogP contribution in [0.1, 0.15) is 31.2 Å². The quantitative estimate of drug-likeness (QED) is 0.815.